The van der Waals surface area contributed by atoms with E-state index in [2.05, 4.69) is 15.5 Å². The molecule has 0 saturated carbocycles. The highest BCUT2D eigenvalue weighted by molar-refractivity contribution is 5.93. The van der Waals surface area contributed by atoms with Crippen molar-refractivity contribution in [1.82, 2.24) is 10.3 Å². The second-order valence-electron chi connectivity index (χ2n) is 4.30. The number of oxime groups is 1. The van der Waals surface area contributed by atoms with Crippen LogP contribution in [0.25, 0.3) is 0 Å². The second-order valence-corrected chi connectivity index (χ2v) is 4.30. The highest BCUT2D eigenvalue weighted by Gasteiger charge is 2.31. The van der Waals surface area contributed by atoms with Crippen LogP contribution in [0.1, 0.15) is 35.8 Å². The first-order valence-corrected chi connectivity index (χ1v) is 6.08. The number of carbonyl (C=O) groups excluding carboxylic acids is 1. The number of amidine groups is 1. The zero-order valence-electron chi connectivity index (χ0n) is 11.2. The summed E-state index contributed by atoms with van der Waals surface area (Å²) in [7, 11) is 0. The lowest BCUT2D eigenvalue weighted by atomic mass is 10.1. The molecule has 0 aliphatic rings. The molecule has 1 atom stereocenters. The Morgan fingerprint density at radius 3 is 2.62 bits per heavy atom. The summed E-state index contributed by atoms with van der Waals surface area (Å²) < 4.78 is 37.1. The molecular weight excluding hydrogens is 289 g/mol. The number of amides is 1. The number of carbonyl (C=O) groups is 1. The van der Waals surface area contributed by atoms with Gasteiger partial charge in [-0.15, -0.1) is 0 Å². The highest BCUT2D eigenvalue weighted by Crippen LogP contribution is 2.28. The molecule has 1 aromatic heterocycles. The van der Waals surface area contributed by atoms with Crippen LogP contribution in [0.3, 0.4) is 0 Å². The lowest BCUT2D eigenvalue weighted by molar-refractivity contribution is -0.137. The maximum Gasteiger partial charge on any atom is 0.417 e. The summed E-state index contributed by atoms with van der Waals surface area (Å²) in [5.74, 6) is -0.677. The summed E-state index contributed by atoms with van der Waals surface area (Å²) >= 11 is 0. The van der Waals surface area contributed by atoms with Crippen molar-refractivity contribution in [2.75, 3.05) is 0 Å². The van der Waals surface area contributed by atoms with Crippen molar-refractivity contribution in [3.63, 3.8) is 0 Å². The van der Waals surface area contributed by atoms with Gasteiger partial charge in [0.1, 0.15) is 11.5 Å². The normalized spacial score (nSPS) is 13.8. The Balaban J connectivity index is 2.75. The average molecular weight is 304 g/mol. The smallest absolute Gasteiger partial charge is 0.409 e. The predicted octanol–water partition coefficient (Wildman–Crippen LogP) is 1.75. The van der Waals surface area contributed by atoms with E-state index >= 15 is 0 Å². The van der Waals surface area contributed by atoms with Gasteiger partial charge in [-0.2, -0.15) is 13.2 Å². The number of rotatable bonds is 5. The number of halogens is 3. The van der Waals surface area contributed by atoms with E-state index in [0.717, 1.165) is 12.1 Å². The molecule has 0 aliphatic carbocycles. The van der Waals surface area contributed by atoms with E-state index in [9.17, 15) is 18.0 Å². The Kier molecular flexibility index (Phi) is 5.51. The fourth-order valence-corrected chi connectivity index (χ4v) is 1.55. The summed E-state index contributed by atoms with van der Waals surface area (Å²) in [5.41, 5.74) is 4.27. The molecule has 9 heteroatoms. The maximum absolute atomic E-state index is 12.4. The monoisotopic (exact) mass is 304 g/mol. The van der Waals surface area contributed by atoms with Gasteiger partial charge in [-0.25, -0.2) is 0 Å². The standard InChI is InChI=1S/C12H15F3N4O2/c1-2-8(5-10(16)19-21)18-11(20)9-4-3-7(6-17-9)12(13,14)15/h3-4,6,8,21H,2,5H2,1H3,(H2,16,19)(H,18,20). The number of hydrogen-bond acceptors (Lipinski definition) is 4. The number of hydrogen-bond donors (Lipinski definition) is 3. The molecule has 1 unspecified atom stereocenters. The molecule has 0 fully saturated rings. The number of nitrogens with zero attached hydrogens (tertiary/aromatic N) is 2. The van der Waals surface area contributed by atoms with Gasteiger partial charge >= 0.3 is 6.18 Å². The lowest BCUT2D eigenvalue weighted by Gasteiger charge is -2.16. The molecule has 1 heterocycles. The topological polar surface area (TPSA) is 101 Å². The quantitative estimate of drug-likeness (QED) is 0.334. The minimum Gasteiger partial charge on any atom is -0.409 e. The van der Waals surface area contributed by atoms with Gasteiger partial charge < -0.3 is 16.3 Å². The zero-order chi connectivity index (χ0) is 16.0. The molecule has 6 nitrogen and oxygen atoms in total. The van der Waals surface area contributed by atoms with E-state index in [1.807, 2.05) is 0 Å². The summed E-state index contributed by atoms with van der Waals surface area (Å²) in [5, 5.41) is 13.8. The molecule has 0 spiro atoms. The molecule has 0 bridgehead atoms. The Morgan fingerprint density at radius 1 is 1.52 bits per heavy atom. The number of alkyl halides is 3. The van der Waals surface area contributed by atoms with Crippen LogP contribution in [0.2, 0.25) is 0 Å². The van der Waals surface area contributed by atoms with Gasteiger partial charge in [0, 0.05) is 18.7 Å². The second kappa shape index (κ2) is 6.91. The molecule has 0 saturated heterocycles. The minimum absolute atomic E-state index is 0.0532. The predicted molar refractivity (Wildman–Crippen MR) is 68.8 cm³/mol. The van der Waals surface area contributed by atoms with Crippen LogP contribution in [0.4, 0.5) is 13.2 Å². The van der Waals surface area contributed by atoms with E-state index in [-0.39, 0.29) is 18.0 Å². The Bertz CT molecular complexity index is 514. The Morgan fingerprint density at radius 2 is 2.19 bits per heavy atom. The van der Waals surface area contributed by atoms with Gasteiger partial charge in [0.2, 0.25) is 0 Å². The van der Waals surface area contributed by atoms with Gasteiger partial charge in [-0.05, 0) is 18.6 Å². The van der Waals surface area contributed by atoms with Gasteiger partial charge in [-0.3, -0.25) is 9.78 Å². The molecule has 0 aliphatic heterocycles. The van der Waals surface area contributed by atoms with Crippen LogP contribution in [-0.2, 0) is 6.18 Å². The molecule has 21 heavy (non-hydrogen) atoms. The minimum atomic E-state index is -4.50. The third-order valence-electron chi connectivity index (χ3n) is 2.74. The van der Waals surface area contributed by atoms with Crippen LogP contribution in [0, 0.1) is 0 Å². The molecule has 1 rings (SSSR count). The van der Waals surface area contributed by atoms with E-state index in [1.54, 1.807) is 6.92 Å². The molecule has 116 valence electrons. The molecule has 4 N–H and O–H groups in total. The Labute approximate surface area is 118 Å². The third-order valence-corrected chi connectivity index (χ3v) is 2.74. The fourth-order valence-electron chi connectivity index (χ4n) is 1.55. The fraction of sp³-hybridized carbons (Fsp3) is 0.417. The van der Waals surface area contributed by atoms with Crippen molar-refractivity contribution >= 4 is 11.7 Å². The third kappa shape index (κ3) is 4.93. The van der Waals surface area contributed by atoms with Crippen LogP contribution in [0.15, 0.2) is 23.5 Å². The zero-order valence-corrected chi connectivity index (χ0v) is 11.2. The van der Waals surface area contributed by atoms with Crippen molar-refractivity contribution in [2.24, 2.45) is 10.9 Å². The number of nitrogens with one attached hydrogen (secondary N) is 1. The van der Waals surface area contributed by atoms with Crippen LogP contribution in [0.5, 0.6) is 0 Å². The lowest BCUT2D eigenvalue weighted by Crippen LogP contribution is -2.37. The van der Waals surface area contributed by atoms with Crippen LogP contribution < -0.4 is 11.1 Å². The highest BCUT2D eigenvalue weighted by atomic mass is 19.4. The van der Waals surface area contributed by atoms with Gasteiger partial charge in [-0.1, -0.05) is 12.1 Å². The first-order chi connectivity index (χ1) is 9.77. The average Bonchev–Trinajstić information content (AvgIpc) is 2.45. The first kappa shape index (κ1) is 16.7. The number of pyridine rings is 1. The van der Waals surface area contributed by atoms with Gasteiger partial charge in [0.25, 0.3) is 5.91 Å². The van der Waals surface area contributed by atoms with Crippen molar-refractivity contribution < 1.29 is 23.2 Å². The molecule has 0 aromatic carbocycles. The maximum atomic E-state index is 12.4. The molecule has 0 radical (unpaired) electrons. The van der Waals surface area contributed by atoms with Gasteiger partial charge in [0.05, 0.1) is 5.56 Å². The van der Waals surface area contributed by atoms with E-state index in [0.29, 0.717) is 12.6 Å². The molecule has 1 aromatic rings. The van der Waals surface area contributed by atoms with Crippen LogP contribution in [-0.4, -0.2) is 28.0 Å². The SMILES string of the molecule is CCC(C/C(N)=N/O)NC(=O)c1ccc(C(F)(F)F)cn1. The summed E-state index contributed by atoms with van der Waals surface area (Å²) in [6, 6.07) is 1.37. The Hall–Kier alpha value is -2.32. The van der Waals surface area contributed by atoms with Crippen molar-refractivity contribution in [1.29, 1.82) is 0 Å². The number of nitrogens with two attached hydrogens (primary N) is 1. The summed E-state index contributed by atoms with van der Waals surface area (Å²) in [6.45, 7) is 1.77. The first-order valence-electron chi connectivity index (χ1n) is 6.08. The van der Waals surface area contributed by atoms with Crippen molar-refractivity contribution in [3.8, 4) is 0 Å². The van der Waals surface area contributed by atoms with E-state index < -0.39 is 23.7 Å². The number of aromatic nitrogens is 1. The largest absolute Gasteiger partial charge is 0.417 e. The molecular formula is C12H15F3N4O2. The molecule has 1 amide bonds. The van der Waals surface area contributed by atoms with E-state index in [1.165, 1.54) is 0 Å². The van der Waals surface area contributed by atoms with Gasteiger partial charge in [0.15, 0.2) is 0 Å². The van der Waals surface area contributed by atoms with E-state index in [4.69, 9.17) is 10.9 Å². The van der Waals surface area contributed by atoms with Crippen LogP contribution >= 0.6 is 0 Å². The van der Waals surface area contributed by atoms with Crippen molar-refractivity contribution in [3.05, 3.63) is 29.6 Å². The summed E-state index contributed by atoms with van der Waals surface area (Å²) in [4.78, 5) is 15.3. The van der Waals surface area contributed by atoms with Crippen molar-refractivity contribution in [2.45, 2.75) is 32.0 Å². The summed E-state index contributed by atoms with van der Waals surface area (Å²) in [6.07, 6.45) is -3.28.